The van der Waals surface area contributed by atoms with E-state index in [1.54, 1.807) is 43.3 Å². The molecule has 6 aromatic rings. The molecule has 3 aromatic carbocycles. The van der Waals surface area contributed by atoms with Gasteiger partial charge in [0.1, 0.15) is 23.8 Å². The highest BCUT2D eigenvalue weighted by Crippen LogP contribution is 2.28. The third kappa shape index (κ3) is 6.94. The van der Waals surface area contributed by atoms with Crippen molar-refractivity contribution in [3.8, 4) is 5.88 Å². The number of pyridine rings is 1. The van der Waals surface area contributed by atoms with Crippen molar-refractivity contribution < 1.29 is 23.0 Å². The molecule has 1 amide bonds. The second-order valence-corrected chi connectivity index (χ2v) is 13.3. The molecule has 13 heteroatoms. The number of ether oxygens (including phenoxy) is 2. The van der Waals surface area contributed by atoms with Gasteiger partial charge in [-0.25, -0.2) is 18.7 Å². The molecule has 1 fully saturated rings. The molecule has 2 N–H and O–H groups in total. The molecular formula is C38H34ClF2N7O3. The Morgan fingerprint density at radius 3 is 2.76 bits per heavy atom. The lowest BCUT2D eigenvalue weighted by molar-refractivity contribution is -0.0591. The highest BCUT2D eigenvalue weighted by Gasteiger charge is 2.24. The Morgan fingerprint density at radius 1 is 1.10 bits per heavy atom. The van der Waals surface area contributed by atoms with Crippen LogP contribution in [-0.4, -0.2) is 61.3 Å². The fourth-order valence-electron chi connectivity index (χ4n) is 6.51. The number of H-pyrrole nitrogens is 1. The average molecular weight is 710 g/mol. The number of aromatic amines is 1. The van der Waals surface area contributed by atoms with Crippen molar-refractivity contribution in [2.24, 2.45) is 0 Å². The molecule has 1 saturated heterocycles. The quantitative estimate of drug-likeness (QED) is 0.152. The van der Waals surface area contributed by atoms with Crippen molar-refractivity contribution in [2.45, 2.75) is 45.6 Å². The van der Waals surface area contributed by atoms with Crippen LogP contribution in [0.25, 0.3) is 27.5 Å². The number of carbonyl (C=O) groups is 1. The van der Waals surface area contributed by atoms with Crippen molar-refractivity contribution >= 4 is 50.7 Å². The van der Waals surface area contributed by atoms with Gasteiger partial charge < -0.3 is 19.4 Å². The maximum Gasteiger partial charge on any atom is 0.255 e. The number of hydrogen-bond acceptors (Lipinski definition) is 7. The van der Waals surface area contributed by atoms with E-state index >= 15 is 0 Å². The van der Waals surface area contributed by atoms with Crippen LogP contribution in [0.2, 0.25) is 5.02 Å². The van der Waals surface area contributed by atoms with E-state index in [0.717, 1.165) is 48.6 Å². The summed E-state index contributed by atoms with van der Waals surface area (Å²) in [6.45, 7) is 5.36. The number of fused-ring (bicyclic) bond motifs is 2. The summed E-state index contributed by atoms with van der Waals surface area (Å²) in [5, 5.41) is 10.5. The minimum Gasteiger partial charge on any atom is -0.473 e. The number of nitrogens with one attached hydrogen (secondary N) is 2. The van der Waals surface area contributed by atoms with E-state index < -0.39 is 11.6 Å². The highest BCUT2D eigenvalue weighted by atomic mass is 35.5. The zero-order chi connectivity index (χ0) is 35.1. The maximum absolute atomic E-state index is 14.7. The number of aryl methyl sites for hydroxylation is 1. The van der Waals surface area contributed by atoms with Crippen molar-refractivity contribution in [3.63, 3.8) is 0 Å². The number of carbonyl (C=O) groups excluding carboxylic acids is 1. The number of anilines is 1. The molecule has 5 heterocycles. The Morgan fingerprint density at radius 2 is 1.98 bits per heavy atom. The van der Waals surface area contributed by atoms with E-state index in [-0.39, 0.29) is 18.6 Å². The van der Waals surface area contributed by atoms with Crippen LogP contribution in [0.3, 0.4) is 0 Å². The molecule has 2 aliphatic rings. The average Bonchev–Trinajstić information content (AvgIpc) is 3.65. The van der Waals surface area contributed by atoms with Gasteiger partial charge in [0.25, 0.3) is 5.91 Å². The van der Waals surface area contributed by atoms with Gasteiger partial charge >= 0.3 is 0 Å². The monoisotopic (exact) mass is 709 g/mol. The SMILES string of the molecule is Cc1n[nH]c2c(F)cc(NC(=O)c3ccc4c(c3)nc(CN3CC=C(c5cccc(OCc6ccc(Cl)cc6F)n5)CC3)n4C[C@@H]3CCO3)cc12. The Kier molecular flexibility index (Phi) is 8.97. The van der Waals surface area contributed by atoms with Gasteiger partial charge in [-0.1, -0.05) is 29.8 Å². The summed E-state index contributed by atoms with van der Waals surface area (Å²) in [5.74, 6) is 0.0550. The number of hydrogen-bond donors (Lipinski definition) is 2. The summed E-state index contributed by atoms with van der Waals surface area (Å²) in [5.41, 5.74) is 5.70. The lowest BCUT2D eigenvalue weighted by Crippen LogP contribution is -2.33. The number of benzene rings is 3. The van der Waals surface area contributed by atoms with E-state index in [1.807, 2.05) is 18.2 Å². The minimum absolute atomic E-state index is 0.0489. The highest BCUT2D eigenvalue weighted by molar-refractivity contribution is 6.30. The molecule has 3 aromatic heterocycles. The van der Waals surface area contributed by atoms with Gasteiger partial charge in [-0.3, -0.25) is 14.8 Å². The largest absolute Gasteiger partial charge is 0.473 e. The van der Waals surface area contributed by atoms with E-state index in [2.05, 4.69) is 36.0 Å². The first-order valence-electron chi connectivity index (χ1n) is 16.8. The summed E-state index contributed by atoms with van der Waals surface area (Å²) >= 11 is 5.87. The van der Waals surface area contributed by atoms with Crippen molar-refractivity contribution in [3.05, 3.63) is 118 Å². The Labute approximate surface area is 297 Å². The number of halogens is 3. The number of aromatic nitrogens is 5. The number of rotatable bonds is 10. The Balaban J connectivity index is 0.971. The van der Waals surface area contributed by atoms with Crippen LogP contribution >= 0.6 is 11.6 Å². The van der Waals surface area contributed by atoms with Gasteiger partial charge in [-0.2, -0.15) is 5.10 Å². The summed E-state index contributed by atoms with van der Waals surface area (Å²) in [6.07, 6.45) is 4.05. The molecule has 0 spiro atoms. The molecule has 10 nitrogen and oxygen atoms in total. The lowest BCUT2D eigenvalue weighted by atomic mass is 10.0. The Bertz CT molecular complexity index is 2320. The first-order chi connectivity index (χ1) is 24.8. The zero-order valence-electron chi connectivity index (χ0n) is 27.8. The van der Waals surface area contributed by atoms with Gasteiger partial charge in [0.15, 0.2) is 5.82 Å². The third-order valence-corrected chi connectivity index (χ3v) is 9.68. The van der Waals surface area contributed by atoms with E-state index in [4.69, 9.17) is 26.1 Å². The van der Waals surface area contributed by atoms with Crippen LogP contribution in [-0.2, 0) is 24.4 Å². The number of amides is 1. The molecule has 51 heavy (non-hydrogen) atoms. The molecule has 0 bridgehead atoms. The van der Waals surface area contributed by atoms with E-state index in [9.17, 15) is 13.6 Å². The predicted octanol–water partition coefficient (Wildman–Crippen LogP) is 7.46. The predicted molar refractivity (Wildman–Crippen MR) is 191 cm³/mol. The van der Waals surface area contributed by atoms with Gasteiger partial charge in [0, 0.05) is 53.0 Å². The van der Waals surface area contributed by atoms with E-state index in [1.165, 1.54) is 12.1 Å². The van der Waals surface area contributed by atoms with Crippen LogP contribution in [0.5, 0.6) is 5.88 Å². The molecule has 8 rings (SSSR count). The minimum atomic E-state index is -0.484. The van der Waals surface area contributed by atoms with Gasteiger partial charge in [0.05, 0.1) is 41.6 Å². The molecule has 0 radical (unpaired) electrons. The van der Waals surface area contributed by atoms with Gasteiger partial charge in [0.2, 0.25) is 5.88 Å². The summed E-state index contributed by atoms with van der Waals surface area (Å²) < 4.78 is 42.7. The third-order valence-electron chi connectivity index (χ3n) is 9.44. The molecule has 0 aliphatic carbocycles. The lowest BCUT2D eigenvalue weighted by Gasteiger charge is -2.29. The first-order valence-corrected chi connectivity index (χ1v) is 17.2. The van der Waals surface area contributed by atoms with Crippen molar-refractivity contribution in [1.29, 1.82) is 0 Å². The van der Waals surface area contributed by atoms with Gasteiger partial charge in [-0.05, 0) is 73.9 Å². The second kappa shape index (κ2) is 13.9. The van der Waals surface area contributed by atoms with Crippen LogP contribution in [0.1, 0.15) is 46.0 Å². The van der Waals surface area contributed by atoms with Crippen molar-refractivity contribution in [1.82, 2.24) is 29.6 Å². The zero-order valence-corrected chi connectivity index (χ0v) is 28.5. The second-order valence-electron chi connectivity index (χ2n) is 12.9. The number of imidazole rings is 1. The number of nitrogens with zero attached hydrogens (tertiary/aromatic N) is 5. The van der Waals surface area contributed by atoms with E-state index in [0.29, 0.717) is 69.5 Å². The maximum atomic E-state index is 14.7. The smallest absolute Gasteiger partial charge is 0.255 e. The Hall–Kier alpha value is -5.17. The van der Waals surface area contributed by atoms with Crippen LogP contribution in [0, 0.1) is 18.6 Å². The molecule has 0 saturated carbocycles. The fraction of sp³-hybridized carbons (Fsp3) is 0.263. The summed E-state index contributed by atoms with van der Waals surface area (Å²) in [4.78, 5) is 25.3. The van der Waals surface area contributed by atoms with Crippen LogP contribution in [0.4, 0.5) is 14.5 Å². The first kappa shape index (κ1) is 33.0. The topological polar surface area (TPSA) is 110 Å². The molecule has 1 atom stereocenters. The fourth-order valence-corrected chi connectivity index (χ4v) is 6.67. The van der Waals surface area contributed by atoms with Crippen LogP contribution < -0.4 is 10.1 Å². The summed E-state index contributed by atoms with van der Waals surface area (Å²) in [7, 11) is 0. The van der Waals surface area contributed by atoms with Crippen LogP contribution in [0.15, 0.2) is 72.8 Å². The normalized spacial score (nSPS) is 16.3. The molecule has 260 valence electrons. The standard InChI is InChI=1S/C38H34ClF2N7O3/c1-22-29-17-27(18-31(41)37(29)46-45-22)42-38(49)24-6-8-34-33(15-24)43-35(48(34)19-28-11-14-50-28)20-47-12-9-23(10-13-47)32-3-2-4-36(44-32)51-21-25-5-7-26(39)16-30(25)40/h2-9,15-18,28H,10-14,19-21H2,1H3,(H,42,49)(H,45,46)/t28-/m0/s1. The van der Waals surface area contributed by atoms with Crippen molar-refractivity contribution in [2.75, 3.05) is 25.0 Å². The summed E-state index contributed by atoms with van der Waals surface area (Å²) in [6, 6.07) is 18.6. The molecule has 2 aliphatic heterocycles. The molecule has 0 unspecified atom stereocenters. The van der Waals surface area contributed by atoms with Gasteiger partial charge in [-0.15, -0.1) is 0 Å². The molecular weight excluding hydrogens is 676 g/mol.